The van der Waals surface area contributed by atoms with Crippen LogP contribution in [0.1, 0.15) is 31.9 Å². The number of likely N-dealkylation sites (tertiary alicyclic amines) is 1. The molecule has 0 saturated carbocycles. The number of pyridine rings is 1. The summed E-state index contributed by atoms with van der Waals surface area (Å²) in [5.74, 6) is 2.20. The van der Waals surface area contributed by atoms with Gasteiger partial charge in [-0.25, -0.2) is 15.0 Å². The molecular weight excluding hydrogens is 328 g/mol. The molecule has 3 rings (SSSR count). The normalized spacial score (nSPS) is 20.9. The molecule has 7 heteroatoms. The Labute approximate surface area is 155 Å². The second kappa shape index (κ2) is 8.69. The van der Waals surface area contributed by atoms with Crippen LogP contribution >= 0.6 is 0 Å². The fourth-order valence-electron chi connectivity index (χ4n) is 3.31. The van der Waals surface area contributed by atoms with E-state index in [1.165, 1.54) is 0 Å². The Morgan fingerprint density at radius 2 is 2.31 bits per heavy atom. The summed E-state index contributed by atoms with van der Waals surface area (Å²) >= 11 is 0. The summed E-state index contributed by atoms with van der Waals surface area (Å²) in [7, 11) is 1.62. The van der Waals surface area contributed by atoms with Crippen molar-refractivity contribution in [2.45, 2.75) is 32.9 Å². The van der Waals surface area contributed by atoms with Gasteiger partial charge in [0.05, 0.1) is 26.0 Å². The highest BCUT2D eigenvalue weighted by Gasteiger charge is 2.28. The van der Waals surface area contributed by atoms with E-state index >= 15 is 0 Å². The van der Waals surface area contributed by atoms with E-state index in [1.54, 1.807) is 7.11 Å². The molecule has 0 aliphatic carbocycles. The van der Waals surface area contributed by atoms with Crippen LogP contribution in [0.15, 0.2) is 42.0 Å². The maximum atomic E-state index is 5.11. The van der Waals surface area contributed by atoms with E-state index < -0.39 is 0 Å². The fourth-order valence-corrected chi connectivity index (χ4v) is 3.31. The topological polar surface area (TPSA) is 67.6 Å². The SMILES string of the molecule is CCNC(=NCc1ccc(OC)nc1)N1CCC(C)C(n2ccnc2)C1. The Kier molecular flexibility index (Phi) is 6.09. The number of methoxy groups -OCH3 is 1. The molecule has 2 atom stereocenters. The van der Waals surface area contributed by atoms with Crippen molar-refractivity contribution in [3.63, 3.8) is 0 Å². The van der Waals surface area contributed by atoms with Crippen molar-refractivity contribution in [2.24, 2.45) is 10.9 Å². The average molecular weight is 356 g/mol. The van der Waals surface area contributed by atoms with Crippen molar-refractivity contribution in [1.29, 1.82) is 0 Å². The molecule has 140 valence electrons. The van der Waals surface area contributed by atoms with Crippen LogP contribution in [0, 0.1) is 5.92 Å². The van der Waals surface area contributed by atoms with Gasteiger partial charge in [-0.05, 0) is 24.8 Å². The third-order valence-electron chi connectivity index (χ3n) is 4.88. The lowest BCUT2D eigenvalue weighted by molar-refractivity contribution is 0.189. The number of hydrogen-bond donors (Lipinski definition) is 1. The summed E-state index contributed by atoms with van der Waals surface area (Å²) in [5, 5.41) is 3.43. The summed E-state index contributed by atoms with van der Waals surface area (Å²) < 4.78 is 7.33. The molecule has 3 heterocycles. The average Bonchev–Trinajstić information content (AvgIpc) is 3.20. The third kappa shape index (κ3) is 4.33. The zero-order chi connectivity index (χ0) is 18.4. The third-order valence-corrected chi connectivity index (χ3v) is 4.88. The number of aliphatic imine (C=N–C) groups is 1. The maximum absolute atomic E-state index is 5.11. The van der Waals surface area contributed by atoms with Gasteiger partial charge >= 0.3 is 0 Å². The highest BCUT2D eigenvalue weighted by Crippen LogP contribution is 2.27. The molecule has 0 bridgehead atoms. The molecule has 1 aliphatic heterocycles. The number of ether oxygens (including phenoxy) is 1. The van der Waals surface area contributed by atoms with Crippen molar-refractivity contribution in [3.8, 4) is 5.88 Å². The number of guanidine groups is 1. The minimum absolute atomic E-state index is 0.415. The van der Waals surface area contributed by atoms with Crippen molar-refractivity contribution < 1.29 is 4.74 Å². The van der Waals surface area contributed by atoms with Gasteiger partial charge in [0.25, 0.3) is 0 Å². The predicted molar refractivity (Wildman–Crippen MR) is 102 cm³/mol. The molecule has 2 aromatic heterocycles. The molecule has 0 radical (unpaired) electrons. The fraction of sp³-hybridized carbons (Fsp3) is 0.526. The molecule has 0 aromatic carbocycles. The first-order chi connectivity index (χ1) is 12.7. The van der Waals surface area contributed by atoms with E-state index in [9.17, 15) is 0 Å². The highest BCUT2D eigenvalue weighted by atomic mass is 16.5. The van der Waals surface area contributed by atoms with E-state index in [0.29, 0.717) is 24.4 Å². The van der Waals surface area contributed by atoms with E-state index in [0.717, 1.165) is 37.6 Å². The number of nitrogens with one attached hydrogen (secondary N) is 1. The molecule has 2 unspecified atom stereocenters. The molecular formula is C19H28N6O. The molecule has 7 nitrogen and oxygen atoms in total. The van der Waals surface area contributed by atoms with Crippen LogP contribution in [0.2, 0.25) is 0 Å². The van der Waals surface area contributed by atoms with E-state index in [2.05, 4.69) is 44.8 Å². The minimum Gasteiger partial charge on any atom is -0.481 e. The number of rotatable bonds is 5. The van der Waals surface area contributed by atoms with Crippen molar-refractivity contribution in [3.05, 3.63) is 42.6 Å². The Balaban J connectivity index is 1.71. The smallest absolute Gasteiger partial charge is 0.212 e. The van der Waals surface area contributed by atoms with Crippen LogP contribution < -0.4 is 10.1 Å². The lowest BCUT2D eigenvalue weighted by Gasteiger charge is -2.39. The minimum atomic E-state index is 0.415. The van der Waals surface area contributed by atoms with Gasteiger partial charge in [0, 0.05) is 44.3 Å². The van der Waals surface area contributed by atoms with Crippen molar-refractivity contribution >= 4 is 5.96 Å². The molecule has 0 spiro atoms. The number of aromatic nitrogens is 3. The van der Waals surface area contributed by atoms with E-state index in [1.807, 2.05) is 30.9 Å². The Hall–Kier alpha value is -2.57. The van der Waals surface area contributed by atoms with Gasteiger partial charge in [-0.3, -0.25) is 0 Å². The zero-order valence-electron chi connectivity index (χ0n) is 15.8. The molecule has 1 fully saturated rings. The van der Waals surface area contributed by atoms with Gasteiger partial charge in [0.1, 0.15) is 0 Å². The summed E-state index contributed by atoms with van der Waals surface area (Å²) in [6.45, 7) is 7.81. The summed E-state index contributed by atoms with van der Waals surface area (Å²) in [6, 6.07) is 4.29. The Morgan fingerprint density at radius 1 is 1.42 bits per heavy atom. The molecule has 26 heavy (non-hydrogen) atoms. The van der Waals surface area contributed by atoms with Gasteiger partial charge in [-0.15, -0.1) is 0 Å². The largest absolute Gasteiger partial charge is 0.481 e. The monoisotopic (exact) mass is 356 g/mol. The maximum Gasteiger partial charge on any atom is 0.212 e. The van der Waals surface area contributed by atoms with Crippen molar-refractivity contribution in [1.82, 2.24) is 24.8 Å². The summed E-state index contributed by atoms with van der Waals surface area (Å²) in [4.78, 5) is 15.6. The Bertz CT molecular complexity index is 697. The Morgan fingerprint density at radius 3 is 2.96 bits per heavy atom. The quantitative estimate of drug-likeness (QED) is 0.658. The van der Waals surface area contributed by atoms with Crippen molar-refractivity contribution in [2.75, 3.05) is 26.7 Å². The van der Waals surface area contributed by atoms with Crippen LogP contribution in [0.3, 0.4) is 0 Å². The van der Waals surface area contributed by atoms with Gasteiger partial charge in [-0.1, -0.05) is 13.0 Å². The molecule has 2 aromatic rings. The zero-order valence-corrected chi connectivity index (χ0v) is 15.8. The lowest BCUT2D eigenvalue weighted by atomic mass is 9.93. The standard InChI is InChI=1S/C19H28N6O/c1-4-21-19(23-12-16-5-6-18(26-3)22-11-16)24-9-7-15(2)17(13-24)25-10-8-20-14-25/h5-6,8,10-11,14-15,17H,4,7,9,12-13H2,1-3H3,(H,21,23). The molecule has 1 aliphatic rings. The van der Waals surface area contributed by atoms with Crippen LogP contribution in [0.5, 0.6) is 5.88 Å². The van der Waals surface area contributed by atoms with E-state index in [-0.39, 0.29) is 0 Å². The number of nitrogens with zero attached hydrogens (tertiary/aromatic N) is 5. The molecule has 0 amide bonds. The predicted octanol–water partition coefficient (Wildman–Crippen LogP) is 2.34. The summed E-state index contributed by atoms with van der Waals surface area (Å²) in [5.41, 5.74) is 1.07. The van der Waals surface area contributed by atoms with E-state index in [4.69, 9.17) is 9.73 Å². The van der Waals surface area contributed by atoms with Gasteiger partial charge < -0.3 is 19.5 Å². The van der Waals surface area contributed by atoms with Crippen LogP contribution in [-0.2, 0) is 6.54 Å². The second-order valence-electron chi connectivity index (χ2n) is 6.67. The first-order valence-corrected chi connectivity index (χ1v) is 9.21. The van der Waals surface area contributed by atoms with Gasteiger partial charge in [0.2, 0.25) is 5.88 Å². The second-order valence-corrected chi connectivity index (χ2v) is 6.67. The van der Waals surface area contributed by atoms with Crippen LogP contribution in [-0.4, -0.2) is 52.1 Å². The first-order valence-electron chi connectivity index (χ1n) is 9.21. The van der Waals surface area contributed by atoms with Gasteiger partial charge in [-0.2, -0.15) is 0 Å². The van der Waals surface area contributed by atoms with Crippen LogP contribution in [0.25, 0.3) is 0 Å². The number of imidazole rings is 1. The summed E-state index contributed by atoms with van der Waals surface area (Å²) in [6.07, 6.45) is 8.77. The van der Waals surface area contributed by atoms with Crippen LogP contribution in [0.4, 0.5) is 0 Å². The molecule has 1 N–H and O–H groups in total. The highest BCUT2D eigenvalue weighted by molar-refractivity contribution is 5.80. The number of piperidine rings is 1. The molecule has 1 saturated heterocycles. The first kappa shape index (κ1) is 18.2. The van der Waals surface area contributed by atoms with Gasteiger partial charge in [0.15, 0.2) is 5.96 Å². The lowest BCUT2D eigenvalue weighted by Crippen LogP contribution is -2.49. The number of hydrogen-bond acceptors (Lipinski definition) is 4.